The molecule has 6 aromatic rings. The van der Waals surface area contributed by atoms with E-state index in [2.05, 4.69) is 163 Å². The lowest BCUT2D eigenvalue weighted by Crippen LogP contribution is -2.33. The predicted octanol–water partition coefficient (Wildman–Crippen LogP) is 17.2. The molecular formula is C62H69Br3Cl3N7. The van der Waals surface area contributed by atoms with E-state index in [0.29, 0.717) is 41.2 Å². The van der Waals surface area contributed by atoms with Gasteiger partial charge in [0.1, 0.15) is 0 Å². The second-order valence-electron chi connectivity index (χ2n) is 20.8. The lowest BCUT2D eigenvalue weighted by Gasteiger charge is -2.35. The largest absolute Gasteiger partial charge is 0.397 e. The first kappa shape index (κ1) is 57.5. The van der Waals surface area contributed by atoms with Gasteiger partial charge in [0.25, 0.3) is 0 Å². The molecule has 3 aromatic heterocycles. The molecule has 3 aliphatic heterocycles. The molecule has 3 unspecified atom stereocenters. The van der Waals surface area contributed by atoms with Crippen LogP contribution in [0.1, 0.15) is 138 Å². The van der Waals surface area contributed by atoms with Crippen LogP contribution in [0.3, 0.4) is 0 Å². The first-order valence-electron chi connectivity index (χ1n) is 25.5. The van der Waals surface area contributed by atoms with Gasteiger partial charge in [-0.2, -0.15) is 0 Å². The van der Waals surface area contributed by atoms with Crippen LogP contribution in [0.2, 0.25) is 15.1 Å². The van der Waals surface area contributed by atoms with Gasteiger partial charge in [-0.05, 0) is 254 Å². The Morgan fingerprint density at radius 1 is 0.453 bits per heavy atom. The van der Waals surface area contributed by atoms with Crippen LogP contribution in [0, 0.1) is 17.8 Å². The fourth-order valence-corrected chi connectivity index (χ4v) is 13.9. The number of rotatable bonds is 3. The van der Waals surface area contributed by atoms with Gasteiger partial charge in [-0.25, -0.2) is 0 Å². The molecule has 75 heavy (non-hydrogen) atoms. The number of halogens is 6. The molecule has 3 aliphatic carbocycles. The van der Waals surface area contributed by atoms with Crippen LogP contribution in [0.4, 0.5) is 5.69 Å². The molecule has 13 heteroatoms. The molecule has 7 nitrogen and oxygen atoms in total. The number of aromatic nitrogens is 3. The van der Waals surface area contributed by atoms with Crippen LogP contribution in [0.25, 0.3) is 34.9 Å². The molecule has 12 rings (SSSR count). The molecule has 0 spiro atoms. The molecule has 0 saturated carbocycles. The fourth-order valence-electron chi connectivity index (χ4n) is 12.1. The molecule has 3 atom stereocenters. The van der Waals surface area contributed by atoms with E-state index in [1.807, 2.05) is 36.7 Å². The van der Waals surface area contributed by atoms with Gasteiger partial charge in [0.15, 0.2) is 0 Å². The third-order valence-corrected chi connectivity index (χ3v) is 18.2. The van der Waals surface area contributed by atoms with Crippen molar-refractivity contribution in [2.45, 2.75) is 71.1 Å². The summed E-state index contributed by atoms with van der Waals surface area (Å²) < 4.78 is 3.09. The van der Waals surface area contributed by atoms with Gasteiger partial charge in [0.2, 0.25) is 0 Å². The molecule has 3 fully saturated rings. The van der Waals surface area contributed by atoms with Crippen LogP contribution < -0.4 is 5.73 Å². The Morgan fingerprint density at radius 3 is 1.28 bits per heavy atom. The summed E-state index contributed by atoms with van der Waals surface area (Å²) in [7, 11) is 6.62. The van der Waals surface area contributed by atoms with Crippen molar-refractivity contribution in [1.82, 2.24) is 29.7 Å². The van der Waals surface area contributed by atoms with E-state index in [4.69, 9.17) is 55.5 Å². The molecule has 0 radical (unpaired) electrons. The first-order valence-corrected chi connectivity index (χ1v) is 29.0. The summed E-state index contributed by atoms with van der Waals surface area (Å²) >= 11 is 29.7. The topological polar surface area (TPSA) is 74.4 Å². The summed E-state index contributed by atoms with van der Waals surface area (Å²) in [5.74, 6) is 2.75. The zero-order chi connectivity index (χ0) is 50.9. The SMILES string of the molecule is C.C.CN1CCC(C2c3ccc(Cl)cc3C=C(Br)c3cc(Br)cnc32)CC1.CN1CCC(C2c3ccc(Cl)cc3C=Cc3cc(Br)cnc32)CC1.CN1CCC(C2c3ccc(Cl)cc3C=Cc3cc(N)cnc32)CC1. The van der Waals surface area contributed by atoms with Gasteiger partial charge >= 0.3 is 0 Å². The second-order valence-corrected chi connectivity index (χ2v) is 24.8. The van der Waals surface area contributed by atoms with Crippen LogP contribution in [-0.2, 0) is 0 Å². The number of piperidine rings is 3. The van der Waals surface area contributed by atoms with E-state index in [-0.39, 0.29) is 14.9 Å². The van der Waals surface area contributed by atoms with Gasteiger partial charge in [0, 0.05) is 64.2 Å². The highest BCUT2D eigenvalue weighted by molar-refractivity contribution is 9.15. The third-order valence-electron chi connectivity index (χ3n) is 15.9. The van der Waals surface area contributed by atoms with E-state index < -0.39 is 0 Å². The minimum absolute atomic E-state index is 0. The molecule has 2 N–H and O–H groups in total. The number of pyridine rings is 3. The first-order chi connectivity index (χ1) is 35.3. The standard InChI is InChI=1S/C20H19Br2ClN2.C20H20BrClN2.C20H22ClN3.2CH4/c1-25-6-4-12(5-7-25)19-16-3-2-15(23)8-13(16)9-18(22)17-10-14(21)11-24-20(17)19;1-24-8-6-13(7-9-24)19-18-5-4-17(22)11-14(18)2-3-15-10-16(21)12-23-20(15)19;1-24-8-6-13(7-9-24)19-18-5-4-16(21)10-14(18)2-3-15-11-17(22)12-23-20(15)19;;/h2-3,8-12,19H,4-7H2,1H3;2-5,10-13,19H,6-9H2,1H3;2-5,10-13,19H,6-9,22H2,1H3;2*1H4. The Morgan fingerprint density at radius 2 is 0.813 bits per heavy atom. The van der Waals surface area contributed by atoms with Crippen molar-refractivity contribution in [2.24, 2.45) is 17.8 Å². The molecule has 3 aromatic carbocycles. The van der Waals surface area contributed by atoms with Gasteiger partial charge in [-0.3, -0.25) is 15.0 Å². The van der Waals surface area contributed by atoms with Crippen molar-refractivity contribution in [3.63, 3.8) is 0 Å². The Hall–Kier alpha value is -3.68. The van der Waals surface area contributed by atoms with Crippen LogP contribution >= 0.6 is 82.6 Å². The number of nitrogens with zero attached hydrogens (tertiary/aromatic N) is 6. The summed E-state index contributed by atoms with van der Waals surface area (Å²) in [5.41, 5.74) is 21.4. The summed E-state index contributed by atoms with van der Waals surface area (Å²) in [5, 5.41) is 2.34. The van der Waals surface area contributed by atoms with E-state index in [0.717, 1.165) is 79.0 Å². The number of fused-ring (bicyclic) bond motifs is 6. The Bertz CT molecular complexity index is 2840. The zero-order valence-corrected chi connectivity index (χ0v) is 48.6. The highest BCUT2D eigenvalue weighted by atomic mass is 79.9. The second kappa shape index (κ2) is 25.4. The number of hydrogen-bond donors (Lipinski definition) is 1. The van der Waals surface area contributed by atoms with Gasteiger partial charge in [0.05, 0.1) is 29.0 Å². The quantitative estimate of drug-likeness (QED) is 0.189. The van der Waals surface area contributed by atoms with Gasteiger partial charge in [-0.15, -0.1) is 0 Å². The van der Waals surface area contributed by atoms with Crippen molar-refractivity contribution in [1.29, 1.82) is 0 Å². The summed E-state index contributed by atoms with van der Waals surface area (Å²) in [6.45, 7) is 6.88. The highest BCUT2D eigenvalue weighted by Crippen LogP contribution is 2.48. The maximum absolute atomic E-state index is 6.29. The molecule has 394 valence electrons. The van der Waals surface area contributed by atoms with E-state index in [9.17, 15) is 0 Å². The number of likely N-dealkylation sites (tertiary alicyclic amines) is 3. The Labute approximate surface area is 486 Å². The smallest absolute Gasteiger partial charge is 0.0565 e. The molecule has 0 bridgehead atoms. The minimum atomic E-state index is 0. The molecule has 0 amide bonds. The lowest BCUT2D eigenvalue weighted by molar-refractivity contribution is 0.206. The number of nitrogen functional groups attached to an aromatic ring is 1. The van der Waals surface area contributed by atoms with Crippen molar-refractivity contribution in [3.05, 3.63) is 183 Å². The number of hydrogen-bond acceptors (Lipinski definition) is 7. The average Bonchev–Trinajstić information content (AvgIpc) is 3.69. The number of anilines is 1. The normalized spacial score (nSPS) is 20.7. The van der Waals surface area contributed by atoms with Crippen molar-refractivity contribution in [2.75, 3.05) is 66.1 Å². The average molecular weight is 1260 g/mol. The number of benzene rings is 3. The van der Waals surface area contributed by atoms with Crippen LogP contribution in [-0.4, -0.2) is 90.1 Å². The van der Waals surface area contributed by atoms with E-state index >= 15 is 0 Å². The zero-order valence-electron chi connectivity index (χ0n) is 41.5. The fraction of sp³-hybridized carbons (Fsp3) is 0.371. The molecule has 6 heterocycles. The van der Waals surface area contributed by atoms with Crippen molar-refractivity contribution < 1.29 is 0 Å². The molecular weight excluding hydrogens is 1190 g/mol. The van der Waals surface area contributed by atoms with Gasteiger partial charge < -0.3 is 20.4 Å². The third kappa shape index (κ3) is 13.1. The van der Waals surface area contributed by atoms with Crippen molar-refractivity contribution in [3.8, 4) is 0 Å². The highest BCUT2D eigenvalue weighted by Gasteiger charge is 2.36. The van der Waals surface area contributed by atoms with Crippen molar-refractivity contribution >= 4 is 123 Å². The predicted molar refractivity (Wildman–Crippen MR) is 331 cm³/mol. The van der Waals surface area contributed by atoms with Crippen LogP contribution in [0.5, 0.6) is 0 Å². The van der Waals surface area contributed by atoms with E-state index in [1.165, 1.54) is 94.4 Å². The molecule has 3 saturated heterocycles. The monoisotopic (exact) mass is 1250 g/mol. The summed E-state index contributed by atoms with van der Waals surface area (Å²) in [6.07, 6.45) is 23.6. The van der Waals surface area contributed by atoms with E-state index in [1.54, 1.807) is 6.20 Å². The maximum atomic E-state index is 6.29. The Balaban J connectivity index is 0.000000147. The van der Waals surface area contributed by atoms with Gasteiger partial charge in [-0.1, -0.05) is 108 Å². The van der Waals surface area contributed by atoms with Crippen LogP contribution in [0.15, 0.2) is 100 Å². The summed E-state index contributed by atoms with van der Waals surface area (Å²) in [4.78, 5) is 21.7. The number of nitrogens with two attached hydrogens (primary N) is 1. The summed E-state index contributed by atoms with van der Waals surface area (Å²) in [6, 6.07) is 25.2. The Kier molecular flexibility index (Phi) is 19.5. The lowest BCUT2D eigenvalue weighted by atomic mass is 9.76. The minimum Gasteiger partial charge on any atom is -0.397 e. The molecule has 6 aliphatic rings. The maximum Gasteiger partial charge on any atom is 0.0565 e.